The van der Waals surface area contributed by atoms with Crippen LogP contribution >= 0.6 is 11.6 Å². The number of hydrogen-bond donors (Lipinski definition) is 0. The Bertz CT molecular complexity index is 663. The molecule has 0 saturated heterocycles. The molecule has 0 radical (unpaired) electrons. The Hall–Kier alpha value is -2.13. The van der Waals surface area contributed by atoms with E-state index in [0.717, 1.165) is 24.0 Å². The monoisotopic (exact) mass is 312 g/mol. The molecule has 1 aliphatic carbocycles. The van der Waals surface area contributed by atoms with Gasteiger partial charge in [-0.05, 0) is 54.3 Å². The summed E-state index contributed by atoms with van der Waals surface area (Å²) in [6.45, 7) is 0.636. The van der Waals surface area contributed by atoms with Gasteiger partial charge in [0.1, 0.15) is 0 Å². The minimum absolute atomic E-state index is 0.0502. The molecule has 22 heavy (non-hydrogen) atoms. The van der Waals surface area contributed by atoms with E-state index >= 15 is 0 Å². The molecule has 0 bridgehead atoms. The molecule has 4 heteroatoms. The van der Waals surface area contributed by atoms with Crippen molar-refractivity contribution < 1.29 is 4.79 Å². The molecular formula is C18H17ClN2O. The summed E-state index contributed by atoms with van der Waals surface area (Å²) in [5.74, 6) is 0.0502. The standard InChI is InChI=1S/C18H17ClN2O/c19-16-4-1-14(2-5-16)3-8-18(22)21(17-6-7-17)13-15-9-11-20-12-10-15/h1-5,8-12,17H,6-7,13H2/b8-3+. The Labute approximate surface area is 135 Å². The van der Waals surface area contributed by atoms with Gasteiger partial charge in [-0.3, -0.25) is 9.78 Å². The molecular weight excluding hydrogens is 296 g/mol. The number of carbonyl (C=O) groups is 1. The molecule has 0 N–H and O–H groups in total. The lowest BCUT2D eigenvalue weighted by Crippen LogP contribution is -2.31. The van der Waals surface area contributed by atoms with Gasteiger partial charge in [-0.15, -0.1) is 0 Å². The van der Waals surface area contributed by atoms with E-state index in [-0.39, 0.29) is 5.91 Å². The number of pyridine rings is 1. The van der Waals surface area contributed by atoms with E-state index in [1.165, 1.54) is 0 Å². The van der Waals surface area contributed by atoms with Gasteiger partial charge in [0, 0.05) is 36.1 Å². The van der Waals surface area contributed by atoms with Crippen LogP contribution in [0.15, 0.2) is 54.9 Å². The predicted molar refractivity (Wildman–Crippen MR) is 88.3 cm³/mol. The number of rotatable bonds is 5. The number of nitrogens with zero attached hydrogens (tertiary/aromatic N) is 2. The van der Waals surface area contributed by atoms with Crippen molar-refractivity contribution in [1.82, 2.24) is 9.88 Å². The Morgan fingerprint density at radius 2 is 1.86 bits per heavy atom. The molecule has 1 aromatic carbocycles. The average Bonchev–Trinajstić information content (AvgIpc) is 3.37. The molecule has 3 rings (SSSR count). The summed E-state index contributed by atoms with van der Waals surface area (Å²) in [5, 5.41) is 0.695. The van der Waals surface area contributed by atoms with Gasteiger partial charge >= 0.3 is 0 Å². The number of carbonyl (C=O) groups excluding carboxylic acids is 1. The van der Waals surface area contributed by atoms with Crippen molar-refractivity contribution in [3.63, 3.8) is 0 Å². The predicted octanol–water partition coefficient (Wildman–Crippen LogP) is 3.94. The number of amides is 1. The zero-order valence-electron chi connectivity index (χ0n) is 12.2. The van der Waals surface area contributed by atoms with E-state index in [0.29, 0.717) is 17.6 Å². The van der Waals surface area contributed by atoms with Crippen molar-refractivity contribution in [2.75, 3.05) is 0 Å². The Morgan fingerprint density at radius 3 is 2.50 bits per heavy atom. The first-order valence-electron chi connectivity index (χ1n) is 7.35. The van der Waals surface area contributed by atoms with Gasteiger partial charge in [0.2, 0.25) is 5.91 Å². The van der Waals surface area contributed by atoms with Crippen LogP contribution in [0.3, 0.4) is 0 Å². The number of halogens is 1. The van der Waals surface area contributed by atoms with Gasteiger partial charge in [0.15, 0.2) is 0 Å². The topological polar surface area (TPSA) is 33.2 Å². The van der Waals surface area contributed by atoms with Gasteiger partial charge < -0.3 is 4.90 Å². The van der Waals surface area contributed by atoms with E-state index in [1.54, 1.807) is 18.5 Å². The van der Waals surface area contributed by atoms with Crippen LogP contribution in [0.25, 0.3) is 6.08 Å². The zero-order chi connectivity index (χ0) is 15.4. The second-order valence-corrected chi connectivity index (χ2v) is 5.87. The number of benzene rings is 1. The first-order valence-corrected chi connectivity index (χ1v) is 7.73. The fourth-order valence-electron chi connectivity index (χ4n) is 2.30. The molecule has 2 aromatic rings. The van der Waals surface area contributed by atoms with E-state index in [2.05, 4.69) is 4.98 Å². The van der Waals surface area contributed by atoms with Crippen LogP contribution in [-0.2, 0) is 11.3 Å². The Kier molecular flexibility index (Phi) is 4.54. The van der Waals surface area contributed by atoms with Gasteiger partial charge in [0.25, 0.3) is 0 Å². The lowest BCUT2D eigenvalue weighted by molar-refractivity contribution is -0.127. The molecule has 1 saturated carbocycles. The smallest absolute Gasteiger partial charge is 0.247 e. The summed E-state index contributed by atoms with van der Waals surface area (Å²) < 4.78 is 0. The molecule has 0 aliphatic heterocycles. The number of hydrogen-bond acceptors (Lipinski definition) is 2. The summed E-state index contributed by atoms with van der Waals surface area (Å²) in [6.07, 6.45) is 9.17. The molecule has 1 heterocycles. The van der Waals surface area contributed by atoms with Crippen LogP contribution in [0, 0.1) is 0 Å². The van der Waals surface area contributed by atoms with Crippen LogP contribution < -0.4 is 0 Å². The highest BCUT2D eigenvalue weighted by molar-refractivity contribution is 6.30. The van der Waals surface area contributed by atoms with Crippen molar-refractivity contribution in [3.05, 3.63) is 71.0 Å². The van der Waals surface area contributed by atoms with Gasteiger partial charge in [-0.1, -0.05) is 23.7 Å². The van der Waals surface area contributed by atoms with Crippen LogP contribution in [0.2, 0.25) is 5.02 Å². The molecule has 1 aromatic heterocycles. The average molecular weight is 313 g/mol. The summed E-state index contributed by atoms with van der Waals surface area (Å²) in [7, 11) is 0. The van der Waals surface area contributed by atoms with Crippen molar-refractivity contribution in [2.45, 2.75) is 25.4 Å². The van der Waals surface area contributed by atoms with Gasteiger partial charge in [0.05, 0.1) is 0 Å². The fourth-order valence-corrected chi connectivity index (χ4v) is 2.42. The van der Waals surface area contributed by atoms with Crippen LogP contribution in [0.4, 0.5) is 0 Å². The number of aromatic nitrogens is 1. The van der Waals surface area contributed by atoms with Crippen molar-refractivity contribution in [1.29, 1.82) is 0 Å². The summed E-state index contributed by atoms with van der Waals surface area (Å²) in [5.41, 5.74) is 2.08. The zero-order valence-corrected chi connectivity index (χ0v) is 12.9. The third kappa shape index (κ3) is 3.95. The molecule has 0 spiro atoms. The maximum absolute atomic E-state index is 12.5. The van der Waals surface area contributed by atoms with Crippen LogP contribution in [0.5, 0.6) is 0 Å². The minimum atomic E-state index is 0.0502. The highest BCUT2D eigenvalue weighted by Crippen LogP contribution is 2.28. The Balaban J connectivity index is 1.69. The second-order valence-electron chi connectivity index (χ2n) is 5.44. The quantitative estimate of drug-likeness (QED) is 0.783. The van der Waals surface area contributed by atoms with E-state index < -0.39 is 0 Å². The summed E-state index contributed by atoms with van der Waals surface area (Å²) in [4.78, 5) is 18.4. The summed E-state index contributed by atoms with van der Waals surface area (Å²) >= 11 is 5.86. The fraction of sp³-hybridized carbons (Fsp3) is 0.222. The largest absolute Gasteiger partial charge is 0.332 e. The summed E-state index contributed by atoms with van der Waals surface area (Å²) in [6, 6.07) is 11.7. The minimum Gasteiger partial charge on any atom is -0.332 e. The molecule has 112 valence electrons. The van der Waals surface area contributed by atoms with E-state index in [4.69, 9.17) is 11.6 Å². The highest BCUT2D eigenvalue weighted by Gasteiger charge is 2.31. The maximum Gasteiger partial charge on any atom is 0.247 e. The van der Waals surface area contributed by atoms with Crippen LogP contribution in [0.1, 0.15) is 24.0 Å². The lowest BCUT2D eigenvalue weighted by Gasteiger charge is -2.20. The first kappa shape index (κ1) is 14.8. The van der Waals surface area contributed by atoms with Gasteiger partial charge in [-0.2, -0.15) is 0 Å². The third-order valence-corrected chi connectivity index (χ3v) is 3.91. The molecule has 1 fully saturated rings. The van der Waals surface area contributed by atoms with E-state index in [1.807, 2.05) is 47.4 Å². The first-order chi connectivity index (χ1) is 10.7. The molecule has 0 unspecified atom stereocenters. The van der Waals surface area contributed by atoms with Crippen molar-refractivity contribution in [3.8, 4) is 0 Å². The van der Waals surface area contributed by atoms with Crippen molar-refractivity contribution >= 4 is 23.6 Å². The molecule has 1 aliphatic rings. The molecule has 0 atom stereocenters. The molecule has 3 nitrogen and oxygen atoms in total. The van der Waals surface area contributed by atoms with Crippen molar-refractivity contribution in [2.24, 2.45) is 0 Å². The second kappa shape index (κ2) is 6.75. The SMILES string of the molecule is O=C(/C=C/c1ccc(Cl)cc1)N(Cc1ccncc1)C1CC1. The Morgan fingerprint density at radius 1 is 1.18 bits per heavy atom. The molecule has 1 amide bonds. The normalized spacial score (nSPS) is 14.2. The van der Waals surface area contributed by atoms with E-state index in [9.17, 15) is 4.79 Å². The highest BCUT2D eigenvalue weighted by atomic mass is 35.5. The van der Waals surface area contributed by atoms with Crippen LogP contribution in [-0.4, -0.2) is 21.8 Å². The lowest BCUT2D eigenvalue weighted by atomic mass is 10.2. The van der Waals surface area contributed by atoms with Gasteiger partial charge in [-0.25, -0.2) is 0 Å². The third-order valence-electron chi connectivity index (χ3n) is 3.66. The maximum atomic E-state index is 12.5.